The Morgan fingerprint density at radius 3 is 2.62 bits per heavy atom. The molecule has 0 N–H and O–H groups in total. The Labute approximate surface area is 141 Å². The van der Waals surface area contributed by atoms with Gasteiger partial charge in [0.1, 0.15) is 28.5 Å². The molecule has 132 valence electrons. The van der Waals surface area contributed by atoms with Crippen molar-refractivity contribution in [3.05, 3.63) is 24.7 Å². The zero-order valence-electron chi connectivity index (χ0n) is 14.3. The first-order chi connectivity index (χ1) is 11.2. The minimum atomic E-state index is -3.59. The second-order valence-electron chi connectivity index (χ2n) is 6.98. The van der Waals surface area contributed by atoms with Crippen LogP contribution in [0.5, 0.6) is 5.75 Å². The van der Waals surface area contributed by atoms with Crippen molar-refractivity contribution in [2.75, 3.05) is 26.9 Å². The molecule has 0 spiro atoms. The van der Waals surface area contributed by atoms with Gasteiger partial charge in [0.05, 0.1) is 18.0 Å². The summed E-state index contributed by atoms with van der Waals surface area (Å²) in [6, 6.07) is 1.64. The second kappa shape index (κ2) is 5.72. The van der Waals surface area contributed by atoms with Gasteiger partial charge in [0, 0.05) is 31.8 Å². The van der Waals surface area contributed by atoms with Gasteiger partial charge in [-0.05, 0) is 20.8 Å². The maximum Gasteiger partial charge on any atom is 0.188 e. The molecule has 1 aliphatic rings. The van der Waals surface area contributed by atoms with Crippen LogP contribution >= 0.6 is 0 Å². The van der Waals surface area contributed by atoms with E-state index in [2.05, 4.69) is 4.98 Å². The lowest BCUT2D eigenvalue weighted by Gasteiger charge is -2.39. The molecule has 0 aromatic carbocycles. The zero-order valence-corrected chi connectivity index (χ0v) is 15.1. The number of nitrogens with zero attached hydrogens (tertiary/aromatic N) is 2. The highest BCUT2D eigenvalue weighted by Gasteiger charge is 2.41. The number of fused-ring (bicyclic) bond motifs is 1. The van der Waals surface area contributed by atoms with Gasteiger partial charge in [-0.3, -0.25) is 0 Å². The van der Waals surface area contributed by atoms with E-state index in [9.17, 15) is 8.42 Å². The van der Waals surface area contributed by atoms with Crippen molar-refractivity contribution in [1.82, 2.24) is 9.38 Å². The predicted octanol–water partition coefficient (Wildman–Crippen LogP) is 1.70. The van der Waals surface area contributed by atoms with Crippen molar-refractivity contribution in [3.63, 3.8) is 0 Å². The van der Waals surface area contributed by atoms with E-state index in [-0.39, 0.29) is 17.3 Å². The van der Waals surface area contributed by atoms with Crippen LogP contribution in [-0.2, 0) is 19.3 Å². The Kier molecular flexibility index (Phi) is 4.09. The van der Waals surface area contributed by atoms with Gasteiger partial charge in [-0.15, -0.1) is 0 Å². The molecule has 0 atom stereocenters. The average Bonchev–Trinajstić information content (AvgIpc) is 2.91. The van der Waals surface area contributed by atoms with E-state index in [1.165, 1.54) is 0 Å². The van der Waals surface area contributed by atoms with Crippen LogP contribution < -0.4 is 4.74 Å². The summed E-state index contributed by atoms with van der Waals surface area (Å²) < 4.78 is 43.1. The highest BCUT2D eigenvalue weighted by molar-refractivity contribution is 7.92. The number of rotatable bonds is 5. The molecule has 3 heterocycles. The van der Waals surface area contributed by atoms with E-state index < -0.39 is 20.2 Å². The Bertz CT molecular complexity index is 841. The normalized spacial score (nSPS) is 17.7. The summed E-state index contributed by atoms with van der Waals surface area (Å²) in [5.41, 5.74) is 0.0961. The molecular formula is C16H22N2O5S. The van der Waals surface area contributed by atoms with E-state index >= 15 is 0 Å². The maximum absolute atomic E-state index is 12.9. The molecule has 0 saturated carbocycles. The largest absolute Gasteiger partial charge is 0.489 e. The molecule has 24 heavy (non-hydrogen) atoms. The van der Waals surface area contributed by atoms with Crippen molar-refractivity contribution in [2.24, 2.45) is 0 Å². The third kappa shape index (κ3) is 2.78. The molecule has 1 saturated heterocycles. The molecule has 2 aromatic rings. The van der Waals surface area contributed by atoms with Crippen molar-refractivity contribution in [3.8, 4) is 5.75 Å². The third-order valence-corrected chi connectivity index (χ3v) is 6.71. The lowest BCUT2D eigenvalue weighted by Crippen LogP contribution is -2.55. The summed E-state index contributed by atoms with van der Waals surface area (Å²) in [5.74, 6) is 0.284. The van der Waals surface area contributed by atoms with Crippen LogP contribution in [0.4, 0.5) is 0 Å². The summed E-state index contributed by atoms with van der Waals surface area (Å²) in [7, 11) is -1.99. The molecule has 1 aliphatic heterocycles. The monoisotopic (exact) mass is 354 g/mol. The Morgan fingerprint density at radius 1 is 1.38 bits per heavy atom. The van der Waals surface area contributed by atoms with Gasteiger partial charge in [-0.25, -0.2) is 13.4 Å². The molecule has 7 nitrogen and oxygen atoms in total. The summed E-state index contributed by atoms with van der Waals surface area (Å²) >= 11 is 0. The van der Waals surface area contributed by atoms with Crippen molar-refractivity contribution in [1.29, 1.82) is 0 Å². The molecule has 0 amide bonds. The number of hydrogen-bond acceptors (Lipinski definition) is 6. The highest BCUT2D eigenvalue weighted by atomic mass is 32.2. The minimum Gasteiger partial charge on any atom is -0.489 e. The maximum atomic E-state index is 12.9. The van der Waals surface area contributed by atoms with E-state index in [4.69, 9.17) is 14.2 Å². The standard InChI is InChI=1S/C16H22N2O5S/c1-15(2,3)24(19,20)13-8-18-6-5-17-14(18)7-12(13)23-11-16(21-4)9-22-10-16/h5-8H,9-11H2,1-4H3. The fourth-order valence-corrected chi connectivity index (χ4v) is 3.66. The molecule has 2 aromatic heterocycles. The van der Waals surface area contributed by atoms with Crippen molar-refractivity contribution >= 4 is 15.5 Å². The van der Waals surface area contributed by atoms with Gasteiger partial charge in [0.25, 0.3) is 0 Å². The number of pyridine rings is 1. The first-order valence-corrected chi connectivity index (χ1v) is 9.14. The number of imidazole rings is 1. The summed E-state index contributed by atoms with van der Waals surface area (Å²) in [6.45, 7) is 6.07. The highest BCUT2D eigenvalue weighted by Crippen LogP contribution is 2.34. The van der Waals surface area contributed by atoms with Gasteiger partial charge in [-0.1, -0.05) is 0 Å². The summed E-state index contributed by atoms with van der Waals surface area (Å²) in [4.78, 5) is 4.34. The first kappa shape index (κ1) is 17.2. The number of ether oxygens (including phenoxy) is 3. The summed E-state index contributed by atoms with van der Waals surface area (Å²) in [6.07, 6.45) is 4.87. The molecule has 0 bridgehead atoms. The van der Waals surface area contributed by atoms with Crippen molar-refractivity contribution in [2.45, 2.75) is 36.0 Å². The van der Waals surface area contributed by atoms with Gasteiger partial charge >= 0.3 is 0 Å². The topological polar surface area (TPSA) is 79.1 Å². The molecule has 0 unspecified atom stereocenters. The van der Waals surface area contributed by atoms with Crippen LogP contribution in [0.2, 0.25) is 0 Å². The van der Waals surface area contributed by atoms with Crippen LogP contribution in [0.25, 0.3) is 5.65 Å². The number of methoxy groups -OCH3 is 1. The van der Waals surface area contributed by atoms with Crippen LogP contribution in [0, 0.1) is 0 Å². The quantitative estimate of drug-likeness (QED) is 0.813. The molecule has 3 rings (SSSR count). The molecular weight excluding hydrogens is 332 g/mol. The average molecular weight is 354 g/mol. The van der Waals surface area contributed by atoms with E-state index in [1.54, 1.807) is 56.9 Å². The fourth-order valence-electron chi connectivity index (χ4n) is 2.37. The number of sulfone groups is 1. The predicted molar refractivity (Wildman–Crippen MR) is 88.2 cm³/mol. The van der Waals surface area contributed by atoms with Crippen LogP contribution in [0.3, 0.4) is 0 Å². The van der Waals surface area contributed by atoms with Gasteiger partial charge in [-0.2, -0.15) is 0 Å². The SMILES string of the molecule is COC1(COc2cc3nccn3cc2S(=O)(=O)C(C)(C)C)COC1. The minimum absolute atomic E-state index is 0.145. The van der Waals surface area contributed by atoms with E-state index in [0.717, 1.165) is 0 Å². The molecule has 1 fully saturated rings. The van der Waals surface area contributed by atoms with Gasteiger partial charge in [0.2, 0.25) is 0 Å². The van der Waals surface area contributed by atoms with Gasteiger partial charge in [0.15, 0.2) is 9.84 Å². The smallest absolute Gasteiger partial charge is 0.188 e. The van der Waals surface area contributed by atoms with E-state index in [0.29, 0.717) is 18.9 Å². The molecule has 0 radical (unpaired) electrons. The Balaban J connectivity index is 2.03. The van der Waals surface area contributed by atoms with Crippen molar-refractivity contribution < 1.29 is 22.6 Å². The zero-order chi connectivity index (χ0) is 17.6. The van der Waals surface area contributed by atoms with Crippen LogP contribution in [0.1, 0.15) is 20.8 Å². The first-order valence-electron chi connectivity index (χ1n) is 7.66. The number of aromatic nitrogens is 2. The van der Waals surface area contributed by atoms with Gasteiger partial charge < -0.3 is 18.6 Å². The van der Waals surface area contributed by atoms with E-state index in [1.807, 2.05) is 0 Å². The Hall–Kier alpha value is -1.64. The Morgan fingerprint density at radius 2 is 2.08 bits per heavy atom. The van der Waals surface area contributed by atoms with Crippen LogP contribution in [0.15, 0.2) is 29.6 Å². The molecule has 8 heteroatoms. The second-order valence-corrected chi connectivity index (χ2v) is 9.65. The molecule has 0 aliphatic carbocycles. The fraction of sp³-hybridized carbons (Fsp3) is 0.562. The summed E-state index contributed by atoms with van der Waals surface area (Å²) in [5, 5.41) is 0. The lowest BCUT2D eigenvalue weighted by molar-refractivity contribution is -0.208. The van der Waals surface area contributed by atoms with Crippen LogP contribution in [-0.4, -0.2) is 55.1 Å². The lowest BCUT2D eigenvalue weighted by atomic mass is 10.0. The third-order valence-electron chi connectivity index (χ3n) is 4.21. The number of hydrogen-bond donors (Lipinski definition) is 0.